The van der Waals surface area contributed by atoms with Gasteiger partial charge in [-0.2, -0.15) is 0 Å². The van der Waals surface area contributed by atoms with Crippen molar-refractivity contribution in [1.29, 1.82) is 0 Å². The summed E-state index contributed by atoms with van der Waals surface area (Å²) in [7, 11) is 0. The maximum Gasteiger partial charge on any atom is 0.306 e. The van der Waals surface area contributed by atoms with Crippen LogP contribution in [-0.4, -0.2) is 37.2 Å². The van der Waals surface area contributed by atoms with Gasteiger partial charge in [0.15, 0.2) is 6.10 Å². The average molecular weight is 911 g/mol. The number of hydrogen-bond acceptors (Lipinski definition) is 6. The summed E-state index contributed by atoms with van der Waals surface area (Å²) in [5.74, 6) is -0.882. The second-order valence-electron chi connectivity index (χ2n) is 18.8. The molecule has 6 nitrogen and oxygen atoms in total. The van der Waals surface area contributed by atoms with Crippen LogP contribution in [0.25, 0.3) is 0 Å². The van der Waals surface area contributed by atoms with Crippen LogP contribution in [0.5, 0.6) is 0 Å². The third-order valence-electron chi connectivity index (χ3n) is 12.3. The standard InChI is InChI=1S/C59H106O6/c1-4-7-10-13-16-19-21-23-25-27-29-30-31-33-34-36-38-40-43-46-49-52-58(61)64-55-56(54-63-57(60)51-48-45-42-18-15-12-9-6-3)65-59(62)53-50-47-44-41-39-37-35-32-28-26-24-22-20-17-14-11-8-5-2/h20-23,26-29,56H,4-19,24-25,30-55H2,1-3H3/b22-20-,23-21-,28-26-,29-27-. The van der Waals surface area contributed by atoms with Gasteiger partial charge in [0.05, 0.1) is 0 Å². The molecule has 1 unspecified atom stereocenters. The summed E-state index contributed by atoms with van der Waals surface area (Å²) < 4.78 is 16.8. The first-order valence-electron chi connectivity index (χ1n) is 28.1. The summed E-state index contributed by atoms with van der Waals surface area (Å²) in [6.45, 7) is 6.60. The molecule has 0 rings (SSSR count). The van der Waals surface area contributed by atoms with E-state index in [2.05, 4.69) is 69.4 Å². The van der Waals surface area contributed by atoms with Crippen LogP contribution in [0.2, 0.25) is 0 Å². The zero-order valence-corrected chi connectivity index (χ0v) is 43.3. The molecular weight excluding hydrogens is 805 g/mol. The minimum atomic E-state index is -0.775. The Labute approximate surface area is 403 Å². The molecule has 65 heavy (non-hydrogen) atoms. The summed E-state index contributed by atoms with van der Waals surface area (Å²) in [5.41, 5.74) is 0. The zero-order chi connectivity index (χ0) is 47.2. The van der Waals surface area contributed by atoms with Crippen molar-refractivity contribution in [3.63, 3.8) is 0 Å². The highest BCUT2D eigenvalue weighted by Crippen LogP contribution is 2.15. The van der Waals surface area contributed by atoms with Crippen molar-refractivity contribution in [2.75, 3.05) is 13.2 Å². The van der Waals surface area contributed by atoms with E-state index in [1.807, 2.05) is 0 Å². The van der Waals surface area contributed by atoms with Crippen LogP contribution in [0.1, 0.15) is 290 Å². The summed E-state index contributed by atoms with van der Waals surface area (Å²) in [5, 5.41) is 0. The van der Waals surface area contributed by atoms with Crippen molar-refractivity contribution in [3.8, 4) is 0 Å². The predicted octanol–water partition coefficient (Wildman–Crippen LogP) is 18.7. The SMILES string of the molecule is CCCCCC/C=C\C/C=C\CCCCCCCCCC(=O)OC(COC(=O)CCCCCCCCCC)COC(=O)CCCCCCCCCCC/C=C\C/C=C\CCCCCCC. The minimum absolute atomic E-state index is 0.0759. The summed E-state index contributed by atoms with van der Waals surface area (Å²) in [6, 6.07) is 0. The van der Waals surface area contributed by atoms with Crippen molar-refractivity contribution < 1.29 is 28.6 Å². The second kappa shape index (κ2) is 54.0. The van der Waals surface area contributed by atoms with Gasteiger partial charge in [0.1, 0.15) is 13.2 Å². The quantitative estimate of drug-likeness (QED) is 0.0262. The highest BCUT2D eigenvalue weighted by Gasteiger charge is 2.19. The lowest BCUT2D eigenvalue weighted by Gasteiger charge is -2.18. The van der Waals surface area contributed by atoms with Gasteiger partial charge < -0.3 is 14.2 Å². The van der Waals surface area contributed by atoms with Crippen LogP contribution in [0.4, 0.5) is 0 Å². The molecule has 0 aromatic rings. The third-order valence-corrected chi connectivity index (χ3v) is 12.3. The van der Waals surface area contributed by atoms with E-state index in [9.17, 15) is 14.4 Å². The van der Waals surface area contributed by atoms with Gasteiger partial charge in [-0.3, -0.25) is 14.4 Å². The molecule has 0 spiro atoms. The van der Waals surface area contributed by atoms with Gasteiger partial charge in [-0.15, -0.1) is 0 Å². The van der Waals surface area contributed by atoms with Crippen LogP contribution in [0.3, 0.4) is 0 Å². The largest absolute Gasteiger partial charge is 0.462 e. The molecular formula is C59H106O6. The molecule has 0 amide bonds. The molecule has 0 heterocycles. The normalized spacial score (nSPS) is 12.4. The molecule has 6 heteroatoms. The van der Waals surface area contributed by atoms with Crippen molar-refractivity contribution in [3.05, 3.63) is 48.6 Å². The molecule has 0 aromatic carbocycles. The molecule has 0 aromatic heterocycles. The Hall–Kier alpha value is -2.63. The topological polar surface area (TPSA) is 78.9 Å². The average Bonchev–Trinajstić information content (AvgIpc) is 3.30. The molecule has 1 atom stereocenters. The second-order valence-corrected chi connectivity index (χ2v) is 18.8. The Balaban J connectivity index is 4.25. The molecule has 0 bridgehead atoms. The fourth-order valence-corrected chi connectivity index (χ4v) is 8.03. The number of hydrogen-bond donors (Lipinski definition) is 0. The molecule has 0 aliphatic heterocycles. The van der Waals surface area contributed by atoms with E-state index >= 15 is 0 Å². The van der Waals surface area contributed by atoms with Crippen molar-refractivity contribution in [2.45, 2.75) is 297 Å². The molecule has 0 aliphatic carbocycles. The lowest BCUT2D eigenvalue weighted by molar-refractivity contribution is -0.167. The number of esters is 3. The minimum Gasteiger partial charge on any atom is -0.462 e. The summed E-state index contributed by atoms with van der Waals surface area (Å²) in [4.78, 5) is 38.0. The van der Waals surface area contributed by atoms with Gasteiger partial charge in [0.25, 0.3) is 0 Å². The Morgan fingerprint density at radius 1 is 0.308 bits per heavy atom. The molecule has 0 N–H and O–H groups in total. The summed E-state index contributed by atoms with van der Waals surface area (Å²) in [6.07, 6.45) is 65.4. The van der Waals surface area contributed by atoms with E-state index in [0.29, 0.717) is 19.3 Å². The van der Waals surface area contributed by atoms with E-state index in [-0.39, 0.29) is 31.1 Å². The molecule has 0 saturated carbocycles. The number of rotatable bonds is 51. The highest BCUT2D eigenvalue weighted by molar-refractivity contribution is 5.71. The van der Waals surface area contributed by atoms with Gasteiger partial charge in [0, 0.05) is 19.3 Å². The van der Waals surface area contributed by atoms with E-state index < -0.39 is 6.10 Å². The van der Waals surface area contributed by atoms with Gasteiger partial charge in [0.2, 0.25) is 0 Å². The number of unbranched alkanes of at least 4 members (excludes halogenated alkanes) is 32. The van der Waals surface area contributed by atoms with Crippen LogP contribution in [-0.2, 0) is 28.6 Å². The molecule has 0 fully saturated rings. The third kappa shape index (κ3) is 52.2. The maximum atomic E-state index is 12.8. The van der Waals surface area contributed by atoms with Crippen LogP contribution >= 0.6 is 0 Å². The van der Waals surface area contributed by atoms with E-state index in [1.165, 1.54) is 173 Å². The fraction of sp³-hybridized carbons (Fsp3) is 0.814. The monoisotopic (exact) mass is 911 g/mol. The van der Waals surface area contributed by atoms with Crippen LogP contribution in [0, 0.1) is 0 Å². The lowest BCUT2D eigenvalue weighted by atomic mass is 10.1. The lowest BCUT2D eigenvalue weighted by Crippen LogP contribution is -2.30. The fourth-order valence-electron chi connectivity index (χ4n) is 8.03. The van der Waals surface area contributed by atoms with Crippen LogP contribution in [0.15, 0.2) is 48.6 Å². The Kier molecular flexibility index (Phi) is 51.8. The van der Waals surface area contributed by atoms with Crippen LogP contribution < -0.4 is 0 Å². The number of allylic oxidation sites excluding steroid dienone is 8. The first-order chi connectivity index (χ1) is 32.0. The van der Waals surface area contributed by atoms with Gasteiger partial charge >= 0.3 is 17.9 Å². The predicted molar refractivity (Wildman–Crippen MR) is 279 cm³/mol. The van der Waals surface area contributed by atoms with E-state index in [0.717, 1.165) is 77.0 Å². The molecule has 378 valence electrons. The van der Waals surface area contributed by atoms with Crippen molar-refractivity contribution in [2.24, 2.45) is 0 Å². The van der Waals surface area contributed by atoms with Gasteiger partial charge in [-0.1, -0.05) is 236 Å². The molecule has 0 aliphatic rings. The molecule has 0 saturated heterocycles. The van der Waals surface area contributed by atoms with Gasteiger partial charge in [-0.25, -0.2) is 0 Å². The van der Waals surface area contributed by atoms with Gasteiger partial charge in [-0.05, 0) is 83.5 Å². The Morgan fingerprint density at radius 2 is 0.554 bits per heavy atom. The summed E-state index contributed by atoms with van der Waals surface area (Å²) >= 11 is 0. The van der Waals surface area contributed by atoms with E-state index in [4.69, 9.17) is 14.2 Å². The number of carbonyl (C=O) groups is 3. The smallest absolute Gasteiger partial charge is 0.306 e. The highest BCUT2D eigenvalue weighted by atomic mass is 16.6. The number of ether oxygens (including phenoxy) is 3. The zero-order valence-electron chi connectivity index (χ0n) is 43.3. The first kappa shape index (κ1) is 62.4. The Morgan fingerprint density at radius 3 is 0.862 bits per heavy atom. The Bertz CT molecular complexity index is 1140. The van der Waals surface area contributed by atoms with E-state index in [1.54, 1.807) is 0 Å². The maximum absolute atomic E-state index is 12.8. The van der Waals surface area contributed by atoms with Crippen molar-refractivity contribution >= 4 is 17.9 Å². The molecule has 0 radical (unpaired) electrons. The number of carbonyl (C=O) groups excluding carboxylic acids is 3. The van der Waals surface area contributed by atoms with Crippen molar-refractivity contribution in [1.82, 2.24) is 0 Å². The first-order valence-corrected chi connectivity index (χ1v) is 28.1.